The van der Waals surface area contributed by atoms with Gasteiger partial charge in [0.2, 0.25) is 5.95 Å². The van der Waals surface area contributed by atoms with Crippen LogP contribution in [0.3, 0.4) is 0 Å². The number of benzene rings is 3. The molecule has 3 aromatic carbocycles. The minimum absolute atomic E-state index is 0.158. The molecule has 0 atom stereocenters. The van der Waals surface area contributed by atoms with Gasteiger partial charge in [-0.3, -0.25) is 10.1 Å². The van der Waals surface area contributed by atoms with E-state index in [-0.39, 0.29) is 5.91 Å². The van der Waals surface area contributed by atoms with Gasteiger partial charge in [-0.05, 0) is 36.8 Å². The third-order valence-electron chi connectivity index (χ3n) is 4.38. The number of imidazole rings is 1. The van der Waals surface area contributed by atoms with Crippen molar-refractivity contribution >= 4 is 22.9 Å². The maximum atomic E-state index is 12.6. The molecule has 0 unspecified atom stereocenters. The molecule has 0 fully saturated rings. The molecule has 0 aliphatic rings. The fourth-order valence-corrected chi connectivity index (χ4v) is 2.98. The molecule has 0 saturated heterocycles. The van der Waals surface area contributed by atoms with Gasteiger partial charge in [0.25, 0.3) is 5.91 Å². The zero-order valence-electron chi connectivity index (χ0n) is 14.5. The van der Waals surface area contributed by atoms with Crippen LogP contribution in [0.1, 0.15) is 21.5 Å². The van der Waals surface area contributed by atoms with E-state index < -0.39 is 0 Å². The lowest BCUT2D eigenvalue weighted by atomic mass is 10.1. The maximum Gasteiger partial charge on any atom is 0.257 e. The molecule has 0 saturated carbocycles. The zero-order valence-corrected chi connectivity index (χ0v) is 14.5. The van der Waals surface area contributed by atoms with E-state index in [2.05, 4.69) is 22.4 Å². The van der Waals surface area contributed by atoms with Crippen molar-refractivity contribution in [3.05, 3.63) is 95.6 Å². The first-order valence-electron chi connectivity index (χ1n) is 8.58. The van der Waals surface area contributed by atoms with E-state index in [0.29, 0.717) is 18.1 Å². The SMILES string of the molecule is Cc1ccc(C(=O)Nc2nc3ccccc3n2Cc2ccccc2)cc1. The van der Waals surface area contributed by atoms with E-state index in [9.17, 15) is 4.79 Å². The Bertz CT molecular complexity index is 1050. The van der Waals surface area contributed by atoms with Crippen molar-refractivity contribution < 1.29 is 4.79 Å². The summed E-state index contributed by atoms with van der Waals surface area (Å²) in [7, 11) is 0. The quantitative estimate of drug-likeness (QED) is 0.587. The molecule has 1 heterocycles. The first-order valence-corrected chi connectivity index (χ1v) is 8.58. The average Bonchev–Trinajstić information content (AvgIpc) is 3.00. The van der Waals surface area contributed by atoms with Gasteiger partial charge >= 0.3 is 0 Å². The third kappa shape index (κ3) is 3.22. The van der Waals surface area contributed by atoms with E-state index in [4.69, 9.17) is 0 Å². The van der Waals surface area contributed by atoms with Crippen molar-refractivity contribution in [2.24, 2.45) is 0 Å². The summed E-state index contributed by atoms with van der Waals surface area (Å²) in [5.74, 6) is 0.398. The minimum atomic E-state index is -0.158. The molecule has 128 valence electrons. The zero-order chi connectivity index (χ0) is 17.9. The molecule has 0 spiro atoms. The van der Waals surface area contributed by atoms with E-state index in [1.165, 1.54) is 0 Å². The second-order valence-electron chi connectivity index (χ2n) is 6.32. The Morgan fingerprint density at radius 1 is 0.923 bits per heavy atom. The standard InChI is InChI=1S/C22H19N3O/c1-16-11-13-18(14-12-16)21(26)24-22-23-19-9-5-6-10-20(19)25(22)15-17-7-3-2-4-8-17/h2-14H,15H2,1H3,(H,23,24,26). The van der Waals surface area contributed by atoms with Crippen LogP contribution in [0.4, 0.5) is 5.95 Å². The van der Waals surface area contributed by atoms with Gasteiger partial charge < -0.3 is 4.57 Å². The number of amides is 1. The summed E-state index contributed by atoms with van der Waals surface area (Å²) in [6.07, 6.45) is 0. The van der Waals surface area contributed by atoms with E-state index in [1.807, 2.05) is 78.2 Å². The highest BCUT2D eigenvalue weighted by Gasteiger charge is 2.14. The molecule has 26 heavy (non-hydrogen) atoms. The van der Waals surface area contributed by atoms with Crippen LogP contribution in [-0.2, 0) is 6.54 Å². The van der Waals surface area contributed by atoms with Gasteiger partial charge in [0.15, 0.2) is 0 Å². The number of fused-ring (bicyclic) bond motifs is 1. The average molecular weight is 341 g/mol. The van der Waals surface area contributed by atoms with Gasteiger partial charge in [0, 0.05) is 5.56 Å². The molecule has 4 heteroatoms. The van der Waals surface area contributed by atoms with Crippen LogP contribution in [0.15, 0.2) is 78.9 Å². The molecule has 1 amide bonds. The molecule has 1 aromatic heterocycles. The fourth-order valence-electron chi connectivity index (χ4n) is 2.98. The number of para-hydroxylation sites is 2. The summed E-state index contributed by atoms with van der Waals surface area (Å²) in [5, 5.41) is 2.97. The molecule has 0 aliphatic carbocycles. The Morgan fingerprint density at radius 2 is 1.62 bits per heavy atom. The van der Waals surface area contributed by atoms with Gasteiger partial charge in [0.1, 0.15) is 0 Å². The number of nitrogens with zero attached hydrogens (tertiary/aromatic N) is 2. The number of aromatic nitrogens is 2. The fraction of sp³-hybridized carbons (Fsp3) is 0.0909. The summed E-state index contributed by atoms with van der Waals surface area (Å²) in [6, 6.07) is 25.6. The number of anilines is 1. The molecule has 0 bridgehead atoms. The highest BCUT2D eigenvalue weighted by atomic mass is 16.1. The summed E-state index contributed by atoms with van der Waals surface area (Å²) in [5.41, 5.74) is 4.76. The molecule has 1 N–H and O–H groups in total. The Balaban J connectivity index is 1.70. The molecular weight excluding hydrogens is 322 g/mol. The molecule has 4 aromatic rings. The summed E-state index contributed by atoms with van der Waals surface area (Å²) in [4.78, 5) is 17.3. The summed E-state index contributed by atoms with van der Waals surface area (Å²) in [6.45, 7) is 2.64. The molecule has 4 rings (SSSR count). The first kappa shape index (κ1) is 16.1. The topological polar surface area (TPSA) is 46.9 Å². The Kier molecular flexibility index (Phi) is 4.23. The Labute approximate surface area is 152 Å². The molecular formula is C22H19N3O. The van der Waals surface area contributed by atoms with E-state index in [0.717, 1.165) is 22.2 Å². The number of aryl methyl sites for hydroxylation is 1. The predicted molar refractivity (Wildman–Crippen MR) is 104 cm³/mol. The van der Waals surface area contributed by atoms with Crippen LogP contribution in [-0.4, -0.2) is 15.5 Å². The predicted octanol–water partition coefficient (Wildman–Crippen LogP) is 4.65. The lowest BCUT2D eigenvalue weighted by molar-refractivity contribution is 0.102. The smallest absolute Gasteiger partial charge is 0.257 e. The van der Waals surface area contributed by atoms with Crippen LogP contribution in [0.25, 0.3) is 11.0 Å². The normalized spacial score (nSPS) is 10.8. The number of rotatable bonds is 4. The van der Waals surface area contributed by atoms with Gasteiger partial charge in [-0.15, -0.1) is 0 Å². The van der Waals surface area contributed by atoms with Gasteiger partial charge in [-0.25, -0.2) is 4.98 Å². The lowest BCUT2D eigenvalue weighted by Gasteiger charge is -2.10. The van der Waals surface area contributed by atoms with Crippen LogP contribution >= 0.6 is 0 Å². The monoisotopic (exact) mass is 341 g/mol. The molecule has 0 radical (unpaired) electrons. The third-order valence-corrected chi connectivity index (χ3v) is 4.38. The van der Waals surface area contributed by atoms with Crippen LogP contribution in [0.5, 0.6) is 0 Å². The van der Waals surface area contributed by atoms with Crippen molar-refractivity contribution in [3.63, 3.8) is 0 Å². The van der Waals surface area contributed by atoms with Gasteiger partial charge in [-0.1, -0.05) is 60.2 Å². The number of hydrogen-bond donors (Lipinski definition) is 1. The second-order valence-corrected chi connectivity index (χ2v) is 6.32. The first-order chi connectivity index (χ1) is 12.7. The van der Waals surface area contributed by atoms with Crippen LogP contribution < -0.4 is 5.32 Å². The Hall–Kier alpha value is -3.40. The number of hydrogen-bond acceptors (Lipinski definition) is 2. The molecule has 4 nitrogen and oxygen atoms in total. The highest BCUT2D eigenvalue weighted by Crippen LogP contribution is 2.22. The highest BCUT2D eigenvalue weighted by molar-refractivity contribution is 6.04. The van der Waals surface area contributed by atoms with Crippen LogP contribution in [0.2, 0.25) is 0 Å². The molecule has 0 aliphatic heterocycles. The number of nitrogens with one attached hydrogen (secondary N) is 1. The maximum absolute atomic E-state index is 12.6. The number of carbonyl (C=O) groups is 1. The van der Waals surface area contributed by atoms with E-state index >= 15 is 0 Å². The van der Waals surface area contributed by atoms with Crippen molar-refractivity contribution in [2.45, 2.75) is 13.5 Å². The largest absolute Gasteiger partial charge is 0.305 e. The van der Waals surface area contributed by atoms with Crippen molar-refractivity contribution in [1.82, 2.24) is 9.55 Å². The van der Waals surface area contributed by atoms with Gasteiger partial charge in [-0.2, -0.15) is 0 Å². The summed E-state index contributed by atoms with van der Waals surface area (Å²) >= 11 is 0. The number of carbonyl (C=O) groups excluding carboxylic acids is 1. The Morgan fingerprint density at radius 3 is 2.38 bits per heavy atom. The van der Waals surface area contributed by atoms with Gasteiger partial charge in [0.05, 0.1) is 17.6 Å². The van der Waals surface area contributed by atoms with Crippen molar-refractivity contribution in [3.8, 4) is 0 Å². The van der Waals surface area contributed by atoms with E-state index in [1.54, 1.807) is 0 Å². The second kappa shape index (κ2) is 6.84. The lowest BCUT2D eigenvalue weighted by Crippen LogP contribution is -2.16. The summed E-state index contributed by atoms with van der Waals surface area (Å²) < 4.78 is 2.04. The minimum Gasteiger partial charge on any atom is -0.305 e. The van der Waals surface area contributed by atoms with Crippen molar-refractivity contribution in [1.29, 1.82) is 0 Å². The van der Waals surface area contributed by atoms with Crippen molar-refractivity contribution in [2.75, 3.05) is 5.32 Å². The van der Waals surface area contributed by atoms with Crippen LogP contribution in [0, 0.1) is 6.92 Å².